The van der Waals surface area contributed by atoms with Crippen molar-refractivity contribution in [3.63, 3.8) is 0 Å². The van der Waals surface area contributed by atoms with Crippen molar-refractivity contribution in [3.8, 4) is 5.75 Å². The number of rotatable bonds is 9. The molecule has 0 spiro atoms. The van der Waals surface area contributed by atoms with Gasteiger partial charge in [0.05, 0.1) is 10.2 Å². The highest BCUT2D eigenvalue weighted by atomic mass is 35.5. The molecule has 1 heterocycles. The minimum Gasteiger partial charge on any atom is -0.484 e. The van der Waals surface area contributed by atoms with Crippen LogP contribution in [0.2, 0.25) is 0 Å². The van der Waals surface area contributed by atoms with E-state index in [4.69, 9.17) is 9.72 Å². The van der Waals surface area contributed by atoms with Crippen molar-refractivity contribution >= 4 is 45.0 Å². The lowest BCUT2D eigenvalue weighted by Crippen LogP contribution is -2.41. The minimum absolute atomic E-state index is 0. The van der Waals surface area contributed by atoms with Gasteiger partial charge in [-0.3, -0.25) is 9.69 Å². The molecule has 0 aliphatic heterocycles. The van der Waals surface area contributed by atoms with Gasteiger partial charge in [0.25, 0.3) is 5.91 Å². The second-order valence-electron chi connectivity index (χ2n) is 7.24. The smallest absolute Gasteiger partial charge is 0.266 e. The van der Waals surface area contributed by atoms with Crippen LogP contribution in [0.15, 0.2) is 36.4 Å². The van der Waals surface area contributed by atoms with Crippen molar-refractivity contribution in [2.75, 3.05) is 37.7 Å². The topological polar surface area (TPSA) is 45.7 Å². The van der Waals surface area contributed by atoms with Gasteiger partial charge in [-0.1, -0.05) is 31.3 Å². The first-order valence-corrected chi connectivity index (χ1v) is 11.0. The summed E-state index contributed by atoms with van der Waals surface area (Å²) in [5.74, 6) is -0.0428. The fraction of sp³-hybridized carbons (Fsp3) is 0.391. The van der Waals surface area contributed by atoms with E-state index in [2.05, 4.69) is 31.7 Å². The molecule has 0 aliphatic carbocycles. The molecule has 8 heteroatoms. The number of aromatic nitrogens is 1. The first-order valence-electron chi connectivity index (χ1n) is 10.2. The molecule has 0 N–H and O–H groups in total. The van der Waals surface area contributed by atoms with Crippen molar-refractivity contribution in [2.45, 2.75) is 27.7 Å². The van der Waals surface area contributed by atoms with E-state index in [1.165, 1.54) is 35.6 Å². The Labute approximate surface area is 193 Å². The van der Waals surface area contributed by atoms with E-state index >= 15 is 0 Å². The summed E-state index contributed by atoms with van der Waals surface area (Å²) in [6.07, 6.45) is 0. The third kappa shape index (κ3) is 6.38. The number of thiazole rings is 1. The van der Waals surface area contributed by atoms with Crippen LogP contribution in [0.1, 0.15) is 25.0 Å². The van der Waals surface area contributed by atoms with Crippen LogP contribution in [-0.4, -0.2) is 48.6 Å². The standard InChI is InChI=1S/C23H28FN3O2S.ClH/c1-5-26(6-2)11-12-27(21(28)15-29-19-9-7-18(24)8-10-19)23-25-20-14-16(3)13-17(4)22(20)30-23;/h7-10,13-14H,5-6,11-12,15H2,1-4H3;1H. The molecule has 3 rings (SSSR count). The highest BCUT2D eigenvalue weighted by Gasteiger charge is 2.21. The molecule has 31 heavy (non-hydrogen) atoms. The number of benzene rings is 2. The Morgan fingerprint density at radius 3 is 2.42 bits per heavy atom. The molecule has 0 bridgehead atoms. The number of hydrogen-bond donors (Lipinski definition) is 0. The van der Waals surface area contributed by atoms with Gasteiger partial charge in [-0.05, 0) is 68.4 Å². The SMILES string of the molecule is CCN(CC)CCN(C(=O)COc1ccc(F)cc1)c1nc2cc(C)cc(C)c2s1.Cl. The molecule has 0 aliphatic rings. The Bertz CT molecular complexity index is 1010. The predicted octanol–water partition coefficient (Wildman–Crippen LogP) is 5.23. The molecule has 168 valence electrons. The maximum absolute atomic E-state index is 13.1. The fourth-order valence-corrected chi connectivity index (χ4v) is 4.40. The molecule has 1 aromatic heterocycles. The molecular weight excluding hydrogens is 437 g/mol. The van der Waals surface area contributed by atoms with Gasteiger partial charge in [-0.2, -0.15) is 0 Å². The highest BCUT2D eigenvalue weighted by molar-refractivity contribution is 7.22. The molecule has 0 radical (unpaired) electrons. The number of hydrogen-bond acceptors (Lipinski definition) is 5. The maximum atomic E-state index is 13.1. The van der Waals surface area contributed by atoms with Crippen LogP contribution in [0.3, 0.4) is 0 Å². The highest BCUT2D eigenvalue weighted by Crippen LogP contribution is 2.32. The summed E-state index contributed by atoms with van der Waals surface area (Å²) in [6, 6.07) is 9.85. The number of amides is 1. The lowest BCUT2D eigenvalue weighted by molar-refractivity contribution is -0.120. The molecule has 3 aromatic rings. The van der Waals surface area contributed by atoms with Crippen LogP contribution in [0.25, 0.3) is 10.2 Å². The zero-order valence-electron chi connectivity index (χ0n) is 18.4. The van der Waals surface area contributed by atoms with Crippen molar-refractivity contribution in [2.24, 2.45) is 0 Å². The van der Waals surface area contributed by atoms with Gasteiger partial charge in [-0.25, -0.2) is 9.37 Å². The molecule has 0 fully saturated rings. The number of aryl methyl sites for hydroxylation is 2. The molecule has 0 atom stereocenters. The third-order valence-electron chi connectivity index (χ3n) is 5.05. The van der Waals surface area contributed by atoms with E-state index in [1.807, 2.05) is 13.0 Å². The number of carbonyl (C=O) groups is 1. The summed E-state index contributed by atoms with van der Waals surface area (Å²) in [5, 5.41) is 0.679. The van der Waals surface area contributed by atoms with Gasteiger partial charge in [0.1, 0.15) is 11.6 Å². The van der Waals surface area contributed by atoms with Crippen LogP contribution >= 0.6 is 23.7 Å². The quantitative estimate of drug-likeness (QED) is 0.434. The van der Waals surface area contributed by atoms with Crippen LogP contribution in [-0.2, 0) is 4.79 Å². The summed E-state index contributed by atoms with van der Waals surface area (Å²) < 4.78 is 19.8. The van der Waals surface area contributed by atoms with Crippen LogP contribution in [0, 0.1) is 19.7 Å². The van der Waals surface area contributed by atoms with Gasteiger partial charge < -0.3 is 9.64 Å². The van der Waals surface area contributed by atoms with Gasteiger partial charge >= 0.3 is 0 Å². The lowest BCUT2D eigenvalue weighted by atomic mass is 10.1. The van der Waals surface area contributed by atoms with E-state index in [1.54, 1.807) is 4.90 Å². The van der Waals surface area contributed by atoms with Crippen LogP contribution < -0.4 is 9.64 Å². The Kier molecular flexibility index (Phi) is 9.22. The average Bonchev–Trinajstić information content (AvgIpc) is 3.14. The predicted molar refractivity (Wildman–Crippen MR) is 128 cm³/mol. The number of anilines is 1. The molecule has 5 nitrogen and oxygen atoms in total. The molecule has 0 saturated heterocycles. The summed E-state index contributed by atoms with van der Waals surface area (Å²) in [7, 11) is 0. The van der Waals surface area contributed by atoms with Gasteiger partial charge in [0, 0.05) is 13.1 Å². The Morgan fingerprint density at radius 1 is 1.10 bits per heavy atom. The zero-order chi connectivity index (χ0) is 21.7. The second-order valence-corrected chi connectivity index (χ2v) is 8.22. The molecule has 0 unspecified atom stereocenters. The largest absolute Gasteiger partial charge is 0.484 e. The monoisotopic (exact) mass is 465 g/mol. The summed E-state index contributed by atoms with van der Waals surface area (Å²) >= 11 is 1.53. The van der Waals surface area contributed by atoms with E-state index in [0.717, 1.165) is 41.0 Å². The number of halogens is 2. The molecule has 0 saturated carbocycles. The van der Waals surface area contributed by atoms with Gasteiger partial charge in [0.15, 0.2) is 11.7 Å². The fourth-order valence-electron chi connectivity index (χ4n) is 3.34. The van der Waals surface area contributed by atoms with Crippen molar-refractivity contribution < 1.29 is 13.9 Å². The Hall–Kier alpha value is -2.22. The number of ether oxygens (including phenoxy) is 1. The zero-order valence-corrected chi connectivity index (χ0v) is 20.0. The first kappa shape index (κ1) is 25.0. The first-order chi connectivity index (χ1) is 14.4. The van der Waals surface area contributed by atoms with Crippen molar-refractivity contribution in [1.29, 1.82) is 0 Å². The van der Waals surface area contributed by atoms with Gasteiger partial charge in [-0.15, -0.1) is 12.4 Å². The Morgan fingerprint density at radius 2 is 1.77 bits per heavy atom. The van der Waals surface area contributed by atoms with Crippen LogP contribution in [0.5, 0.6) is 5.75 Å². The minimum atomic E-state index is -0.338. The van der Waals surface area contributed by atoms with E-state index in [9.17, 15) is 9.18 Å². The normalized spacial score (nSPS) is 10.9. The van der Waals surface area contributed by atoms with E-state index in [0.29, 0.717) is 17.4 Å². The summed E-state index contributed by atoms with van der Waals surface area (Å²) in [4.78, 5) is 21.8. The second kappa shape index (κ2) is 11.4. The Balaban J connectivity index is 0.00000341. The summed E-state index contributed by atoms with van der Waals surface area (Å²) in [5.41, 5.74) is 3.22. The van der Waals surface area contributed by atoms with Crippen molar-refractivity contribution in [1.82, 2.24) is 9.88 Å². The number of fused-ring (bicyclic) bond motifs is 1. The van der Waals surface area contributed by atoms with Crippen LogP contribution in [0.4, 0.5) is 9.52 Å². The van der Waals surface area contributed by atoms with E-state index < -0.39 is 0 Å². The molecule has 1 amide bonds. The maximum Gasteiger partial charge on any atom is 0.266 e. The number of carbonyl (C=O) groups excluding carboxylic acids is 1. The lowest BCUT2D eigenvalue weighted by Gasteiger charge is -2.24. The molecular formula is C23H29ClFN3O2S. The molecule has 2 aromatic carbocycles. The third-order valence-corrected chi connectivity index (χ3v) is 6.28. The average molecular weight is 466 g/mol. The summed E-state index contributed by atoms with van der Waals surface area (Å²) in [6.45, 7) is 11.3. The van der Waals surface area contributed by atoms with E-state index in [-0.39, 0.29) is 30.7 Å². The number of likely N-dealkylation sites (N-methyl/N-ethyl adjacent to an activating group) is 1. The van der Waals surface area contributed by atoms with Gasteiger partial charge in [0.2, 0.25) is 0 Å². The van der Waals surface area contributed by atoms with Crippen molar-refractivity contribution in [3.05, 3.63) is 53.3 Å². The number of nitrogens with zero attached hydrogens (tertiary/aromatic N) is 3.